The summed E-state index contributed by atoms with van der Waals surface area (Å²) in [6.45, 7) is 10.8. The fourth-order valence-electron chi connectivity index (χ4n) is 5.01. The second-order valence-electron chi connectivity index (χ2n) is 12.9. The topological polar surface area (TPSA) is 200 Å². The van der Waals surface area contributed by atoms with Gasteiger partial charge >= 0.3 is 5.97 Å². The molecule has 0 aromatic heterocycles. The average molecular weight is 654 g/mol. The number of hydrogen-bond donors (Lipinski definition) is 7. The van der Waals surface area contributed by atoms with Crippen LogP contribution in [0.4, 0.5) is 0 Å². The van der Waals surface area contributed by atoms with Crippen LogP contribution in [-0.4, -0.2) is 70.0 Å². The van der Waals surface area contributed by atoms with Gasteiger partial charge in [-0.15, -0.1) is 0 Å². The maximum atomic E-state index is 13.8. The van der Waals surface area contributed by atoms with E-state index in [1.165, 1.54) is 12.1 Å². The van der Waals surface area contributed by atoms with Gasteiger partial charge in [-0.3, -0.25) is 19.2 Å². The van der Waals surface area contributed by atoms with Crippen LogP contribution in [0.5, 0.6) is 5.75 Å². The molecule has 4 amide bonds. The van der Waals surface area contributed by atoms with E-state index >= 15 is 0 Å². The Hall–Kier alpha value is -4.45. The lowest BCUT2D eigenvalue weighted by Gasteiger charge is -2.29. The number of carbonyl (C=O) groups excluding carboxylic acids is 4. The molecule has 2 aromatic rings. The van der Waals surface area contributed by atoms with Crippen molar-refractivity contribution in [2.24, 2.45) is 23.5 Å². The number of carboxylic acids is 1. The summed E-state index contributed by atoms with van der Waals surface area (Å²) in [5.74, 6) is -4.36. The molecule has 0 unspecified atom stereocenters. The number of hydrogen-bond acceptors (Lipinski definition) is 7. The molecular formula is C35H51N5O7. The van der Waals surface area contributed by atoms with Gasteiger partial charge in [0.05, 0.1) is 6.04 Å². The molecule has 2 rings (SSSR count). The maximum Gasteiger partial charge on any atom is 0.326 e. The lowest BCUT2D eigenvalue weighted by Crippen LogP contribution is -2.60. The Morgan fingerprint density at radius 1 is 0.681 bits per heavy atom. The average Bonchev–Trinajstić information content (AvgIpc) is 3.01. The highest BCUT2D eigenvalue weighted by atomic mass is 16.4. The van der Waals surface area contributed by atoms with E-state index < -0.39 is 59.8 Å². The number of rotatable bonds is 18. The number of nitrogens with one attached hydrogen (secondary N) is 4. The minimum atomic E-state index is -1.18. The molecule has 0 aliphatic carbocycles. The van der Waals surface area contributed by atoms with E-state index in [-0.39, 0.29) is 42.8 Å². The second-order valence-corrected chi connectivity index (χ2v) is 12.9. The van der Waals surface area contributed by atoms with Crippen molar-refractivity contribution in [3.05, 3.63) is 65.7 Å². The molecule has 12 heteroatoms. The van der Waals surface area contributed by atoms with Crippen LogP contribution in [0.2, 0.25) is 0 Å². The zero-order valence-corrected chi connectivity index (χ0v) is 28.2. The van der Waals surface area contributed by atoms with Crippen LogP contribution in [-0.2, 0) is 36.8 Å². The first-order valence-electron chi connectivity index (χ1n) is 16.1. The minimum absolute atomic E-state index is 0.00474. The summed E-state index contributed by atoms with van der Waals surface area (Å²) in [4.78, 5) is 65.7. The molecule has 0 aliphatic heterocycles. The predicted octanol–water partition coefficient (Wildman–Crippen LogP) is 2.28. The third-order valence-corrected chi connectivity index (χ3v) is 8.01. The van der Waals surface area contributed by atoms with Crippen molar-refractivity contribution in [3.8, 4) is 5.75 Å². The van der Waals surface area contributed by atoms with Crippen molar-refractivity contribution in [2.45, 2.75) is 97.4 Å². The first kappa shape index (κ1) is 38.7. The van der Waals surface area contributed by atoms with E-state index in [1.54, 1.807) is 32.9 Å². The molecule has 2 aromatic carbocycles. The third-order valence-electron chi connectivity index (χ3n) is 8.01. The lowest BCUT2D eigenvalue weighted by molar-refractivity contribution is -0.144. The second kappa shape index (κ2) is 18.6. The van der Waals surface area contributed by atoms with E-state index in [0.29, 0.717) is 12.0 Å². The molecule has 12 nitrogen and oxygen atoms in total. The van der Waals surface area contributed by atoms with E-state index in [0.717, 1.165) is 5.56 Å². The molecule has 0 aliphatic rings. The Balaban J connectivity index is 2.30. The molecule has 258 valence electrons. The number of amides is 4. The highest BCUT2D eigenvalue weighted by Crippen LogP contribution is 2.14. The summed E-state index contributed by atoms with van der Waals surface area (Å²) in [6.07, 6.45) is 1.01. The normalized spacial score (nSPS) is 15.1. The van der Waals surface area contributed by atoms with E-state index in [9.17, 15) is 34.2 Å². The van der Waals surface area contributed by atoms with Gasteiger partial charge in [0.25, 0.3) is 0 Å². The molecular weight excluding hydrogens is 602 g/mol. The number of carboxylic acid groups (broad SMARTS) is 1. The Bertz CT molecular complexity index is 1330. The minimum Gasteiger partial charge on any atom is -0.508 e. The predicted molar refractivity (Wildman–Crippen MR) is 179 cm³/mol. The molecule has 0 bridgehead atoms. The Morgan fingerprint density at radius 2 is 1.21 bits per heavy atom. The molecule has 0 saturated carbocycles. The Labute approximate surface area is 277 Å². The first-order chi connectivity index (χ1) is 22.1. The lowest BCUT2D eigenvalue weighted by atomic mass is 9.97. The Kier molecular flexibility index (Phi) is 15.4. The fraction of sp³-hybridized carbons (Fsp3) is 0.514. The number of aromatic hydroxyl groups is 1. The van der Waals surface area contributed by atoms with Crippen LogP contribution in [0.3, 0.4) is 0 Å². The summed E-state index contributed by atoms with van der Waals surface area (Å²) in [5, 5.41) is 30.2. The zero-order chi connectivity index (χ0) is 35.3. The first-order valence-corrected chi connectivity index (χ1v) is 16.1. The van der Waals surface area contributed by atoms with Gasteiger partial charge in [0, 0.05) is 6.42 Å². The van der Waals surface area contributed by atoms with E-state index in [2.05, 4.69) is 21.3 Å². The van der Waals surface area contributed by atoms with Gasteiger partial charge in [-0.2, -0.15) is 0 Å². The molecule has 0 spiro atoms. The monoisotopic (exact) mass is 653 g/mol. The van der Waals surface area contributed by atoms with Crippen LogP contribution in [0.15, 0.2) is 54.6 Å². The smallest absolute Gasteiger partial charge is 0.326 e. The van der Waals surface area contributed by atoms with Gasteiger partial charge in [-0.1, -0.05) is 90.4 Å². The summed E-state index contributed by atoms with van der Waals surface area (Å²) >= 11 is 0. The highest BCUT2D eigenvalue weighted by Gasteiger charge is 2.34. The number of aliphatic carboxylic acids is 1. The third kappa shape index (κ3) is 12.7. The zero-order valence-electron chi connectivity index (χ0n) is 28.2. The fourth-order valence-corrected chi connectivity index (χ4v) is 5.01. The number of carbonyl (C=O) groups is 5. The van der Waals surface area contributed by atoms with Crippen molar-refractivity contribution < 1.29 is 34.2 Å². The molecule has 0 saturated heterocycles. The number of nitrogens with two attached hydrogens (primary N) is 1. The summed E-state index contributed by atoms with van der Waals surface area (Å²) in [5.41, 5.74) is 7.64. The molecule has 47 heavy (non-hydrogen) atoms. The summed E-state index contributed by atoms with van der Waals surface area (Å²) in [6, 6.07) is 10.0. The molecule has 6 atom stereocenters. The molecule has 8 N–H and O–H groups in total. The Morgan fingerprint density at radius 3 is 1.74 bits per heavy atom. The van der Waals surface area contributed by atoms with E-state index in [1.807, 2.05) is 51.1 Å². The van der Waals surface area contributed by atoms with Crippen molar-refractivity contribution in [1.82, 2.24) is 21.3 Å². The SMILES string of the molecule is CC[C@H](C)[C@H](NC(=O)[C@H](CC(C)C)NC(=O)[C@H](Cc1ccc(O)cc1)NC(=O)[C@@H](NC(=O)[C@@H](N)Cc1ccccc1)C(C)C)C(=O)O. The van der Waals surface area contributed by atoms with Crippen molar-refractivity contribution in [2.75, 3.05) is 0 Å². The van der Waals surface area contributed by atoms with Gasteiger partial charge in [-0.25, -0.2) is 4.79 Å². The van der Waals surface area contributed by atoms with Gasteiger partial charge in [0.2, 0.25) is 23.6 Å². The van der Waals surface area contributed by atoms with Gasteiger partial charge in [0.15, 0.2) is 0 Å². The van der Waals surface area contributed by atoms with Gasteiger partial charge in [-0.05, 0) is 53.9 Å². The summed E-state index contributed by atoms with van der Waals surface area (Å²) in [7, 11) is 0. The summed E-state index contributed by atoms with van der Waals surface area (Å²) < 4.78 is 0. The molecule has 0 heterocycles. The van der Waals surface area contributed by atoms with Crippen LogP contribution in [0.1, 0.15) is 65.5 Å². The van der Waals surface area contributed by atoms with Crippen molar-refractivity contribution in [1.29, 1.82) is 0 Å². The van der Waals surface area contributed by atoms with Gasteiger partial charge < -0.3 is 37.2 Å². The van der Waals surface area contributed by atoms with Gasteiger partial charge in [0.1, 0.15) is 29.9 Å². The van der Waals surface area contributed by atoms with E-state index in [4.69, 9.17) is 5.73 Å². The van der Waals surface area contributed by atoms with Crippen LogP contribution >= 0.6 is 0 Å². The number of phenols is 1. The van der Waals surface area contributed by atoms with Crippen LogP contribution in [0, 0.1) is 17.8 Å². The standard InChI is InChI=1S/C35H51N5O7/c1-7-22(6)30(35(46)47)40-33(44)27(17-20(2)3)37-32(43)28(19-24-13-15-25(41)16-14-24)38-34(45)29(21(4)5)39-31(42)26(36)18-23-11-9-8-10-12-23/h8-16,20-22,26-30,41H,7,17-19,36H2,1-6H3,(H,37,43)(H,38,45)(H,39,42)(H,40,44)(H,46,47)/t22-,26-,27-,28-,29-,30-/m0/s1. The molecule has 0 fully saturated rings. The van der Waals surface area contributed by atoms with Crippen molar-refractivity contribution in [3.63, 3.8) is 0 Å². The number of benzene rings is 2. The quantitative estimate of drug-likeness (QED) is 0.127. The van der Waals surface area contributed by atoms with Crippen molar-refractivity contribution >= 4 is 29.6 Å². The van der Waals surface area contributed by atoms with Crippen LogP contribution < -0.4 is 27.0 Å². The molecule has 0 radical (unpaired) electrons. The number of phenolic OH excluding ortho intramolecular Hbond substituents is 1. The largest absolute Gasteiger partial charge is 0.508 e. The maximum absolute atomic E-state index is 13.8. The van der Waals surface area contributed by atoms with Crippen LogP contribution in [0.25, 0.3) is 0 Å². The highest BCUT2D eigenvalue weighted by molar-refractivity contribution is 5.95.